The van der Waals surface area contributed by atoms with Crippen LogP contribution < -0.4 is 10.5 Å². The Morgan fingerprint density at radius 2 is 1.88 bits per heavy atom. The van der Waals surface area contributed by atoms with E-state index in [1.807, 2.05) is 0 Å². The summed E-state index contributed by atoms with van der Waals surface area (Å²) in [5.41, 5.74) is 7.16. The molecule has 0 aliphatic carbocycles. The van der Waals surface area contributed by atoms with Gasteiger partial charge in [-0.25, -0.2) is 0 Å². The Morgan fingerprint density at radius 3 is 2.38 bits per heavy atom. The Bertz CT molecular complexity index is 372. The van der Waals surface area contributed by atoms with E-state index in [1.54, 1.807) is 12.1 Å². The molecule has 1 aromatic rings. The largest absolute Gasteiger partial charge is 0.494 e. The summed E-state index contributed by atoms with van der Waals surface area (Å²) in [6, 6.07) is 6.18. The van der Waals surface area contributed by atoms with Crippen molar-refractivity contribution in [3.63, 3.8) is 0 Å². The maximum atomic E-state index is 10.7. The van der Waals surface area contributed by atoms with Gasteiger partial charge in [0.05, 0.1) is 6.61 Å². The molecule has 2 N–H and O–H groups in total. The Kier molecular flexibility index (Phi) is 4.32. The van der Waals surface area contributed by atoms with Gasteiger partial charge >= 0.3 is 5.97 Å². The highest BCUT2D eigenvalue weighted by Crippen LogP contribution is 2.12. The fourth-order valence-corrected chi connectivity index (χ4v) is 1.12. The highest BCUT2D eigenvalue weighted by atomic mass is 16.5. The molecule has 16 heavy (non-hydrogen) atoms. The van der Waals surface area contributed by atoms with Crippen LogP contribution in [0, 0.1) is 0 Å². The van der Waals surface area contributed by atoms with Gasteiger partial charge in [0.15, 0.2) is 0 Å². The van der Waals surface area contributed by atoms with E-state index in [9.17, 15) is 9.59 Å². The molecule has 0 aliphatic rings. The monoisotopic (exact) mass is 222 g/mol. The molecule has 0 saturated heterocycles. The molecule has 5 nitrogen and oxygen atoms in total. The molecule has 1 aromatic carbocycles. The second kappa shape index (κ2) is 5.75. The number of hydrogen-bond acceptors (Lipinski definition) is 3. The zero-order valence-corrected chi connectivity index (χ0v) is 8.60. The lowest BCUT2D eigenvalue weighted by atomic mass is 10.2. The number of carboxylic acids is 1. The Morgan fingerprint density at radius 1 is 1.25 bits per heavy atom. The standard InChI is InChI=1S/C11H12NO4/c12-11(15)8-3-5-9(6-4-8)16-7-1-2-10(13)14/h3-6,12H,1-2,7H2,(H,13,14). The third-order valence-corrected chi connectivity index (χ3v) is 1.92. The number of hydrogen-bond donors (Lipinski definition) is 1. The second-order valence-corrected chi connectivity index (χ2v) is 3.20. The number of carbonyl (C=O) groups excluding carboxylic acids is 1. The third-order valence-electron chi connectivity index (χ3n) is 1.92. The zero-order valence-electron chi connectivity index (χ0n) is 8.60. The minimum atomic E-state index is -0.848. The minimum absolute atomic E-state index is 0.0727. The molecular weight excluding hydrogens is 210 g/mol. The summed E-state index contributed by atoms with van der Waals surface area (Å²) in [4.78, 5) is 20.9. The first kappa shape index (κ1) is 12.0. The lowest BCUT2D eigenvalue weighted by Crippen LogP contribution is -2.02. The maximum Gasteiger partial charge on any atom is 0.303 e. The number of rotatable bonds is 6. The fraction of sp³-hybridized carbons (Fsp3) is 0.273. The molecule has 0 aliphatic heterocycles. The van der Waals surface area contributed by atoms with Crippen molar-refractivity contribution in [2.24, 2.45) is 0 Å². The summed E-state index contributed by atoms with van der Waals surface area (Å²) >= 11 is 0. The van der Waals surface area contributed by atoms with Gasteiger partial charge in [0.25, 0.3) is 5.91 Å². The number of ether oxygens (including phenoxy) is 1. The van der Waals surface area contributed by atoms with E-state index in [4.69, 9.17) is 15.6 Å². The van der Waals surface area contributed by atoms with Crippen molar-refractivity contribution < 1.29 is 19.4 Å². The molecular formula is C11H12NO4. The van der Waals surface area contributed by atoms with E-state index in [-0.39, 0.29) is 6.42 Å². The topological polar surface area (TPSA) is 87.4 Å². The summed E-state index contributed by atoms with van der Waals surface area (Å²) in [5, 5.41) is 8.39. The molecule has 1 amide bonds. The van der Waals surface area contributed by atoms with Crippen molar-refractivity contribution in [1.82, 2.24) is 5.73 Å². The normalized spacial score (nSPS) is 9.75. The Hall–Kier alpha value is -2.04. The van der Waals surface area contributed by atoms with Crippen LogP contribution in [0.1, 0.15) is 23.2 Å². The van der Waals surface area contributed by atoms with Crippen LogP contribution in [-0.4, -0.2) is 23.6 Å². The first-order valence-electron chi connectivity index (χ1n) is 4.80. The van der Waals surface area contributed by atoms with Gasteiger partial charge in [-0.3, -0.25) is 15.3 Å². The molecule has 0 unspecified atom stereocenters. The van der Waals surface area contributed by atoms with E-state index in [0.29, 0.717) is 24.3 Å². The van der Waals surface area contributed by atoms with Crippen LogP contribution in [-0.2, 0) is 4.79 Å². The molecule has 0 saturated carbocycles. The number of benzene rings is 1. The smallest absolute Gasteiger partial charge is 0.303 e. The van der Waals surface area contributed by atoms with Gasteiger partial charge in [-0.15, -0.1) is 0 Å². The van der Waals surface area contributed by atoms with Crippen molar-refractivity contribution in [2.45, 2.75) is 12.8 Å². The van der Waals surface area contributed by atoms with Gasteiger partial charge in [-0.05, 0) is 30.7 Å². The molecule has 0 spiro atoms. The SMILES string of the molecule is [NH]C(=O)c1ccc(OCCCC(=O)O)cc1. The van der Waals surface area contributed by atoms with Crippen molar-refractivity contribution in [2.75, 3.05) is 6.61 Å². The van der Waals surface area contributed by atoms with Crippen molar-refractivity contribution >= 4 is 11.9 Å². The molecule has 1 radical (unpaired) electrons. The Balaban J connectivity index is 2.38. The lowest BCUT2D eigenvalue weighted by Gasteiger charge is -2.05. The summed E-state index contributed by atoms with van der Waals surface area (Å²) in [6.07, 6.45) is 0.512. The first-order valence-corrected chi connectivity index (χ1v) is 4.80. The van der Waals surface area contributed by atoms with E-state index >= 15 is 0 Å². The first-order chi connectivity index (χ1) is 7.59. The molecule has 85 valence electrons. The maximum absolute atomic E-state index is 10.7. The molecule has 0 heterocycles. The van der Waals surface area contributed by atoms with Gasteiger partial charge in [-0.2, -0.15) is 0 Å². The van der Waals surface area contributed by atoms with E-state index in [2.05, 4.69) is 0 Å². The van der Waals surface area contributed by atoms with E-state index in [1.165, 1.54) is 12.1 Å². The van der Waals surface area contributed by atoms with Crippen LogP contribution in [0.4, 0.5) is 0 Å². The van der Waals surface area contributed by atoms with Crippen molar-refractivity contribution in [3.05, 3.63) is 29.8 Å². The third kappa shape index (κ3) is 4.00. The molecule has 0 bridgehead atoms. The molecule has 0 atom stereocenters. The van der Waals surface area contributed by atoms with Crippen LogP contribution in [0.3, 0.4) is 0 Å². The van der Waals surface area contributed by atoms with Gasteiger partial charge in [0.1, 0.15) is 5.75 Å². The number of carbonyl (C=O) groups is 2. The molecule has 0 aromatic heterocycles. The highest BCUT2D eigenvalue weighted by Gasteiger charge is 2.01. The summed E-state index contributed by atoms with van der Waals surface area (Å²) in [5.74, 6) is -1.02. The lowest BCUT2D eigenvalue weighted by molar-refractivity contribution is -0.137. The average molecular weight is 222 g/mol. The van der Waals surface area contributed by atoms with E-state index < -0.39 is 11.9 Å². The quantitative estimate of drug-likeness (QED) is 0.736. The number of aliphatic carboxylic acids is 1. The van der Waals surface area contributed by atoms with Crippen LogP contribution in [0.2, 0.25) is 0 Å². The van der Waals surface area contributed by atoms with Crippen molar-refractivity contribution in [1.29, 1.82) is 0 Å². The number of amides is 1. The van der Waals surface area contributed by atoms with Gasteiger partial charge in [0, 0.05) is 12.0 Å². The van der Waals surface area contributed by atoms with Crippen molar-refractivity contribution in [3.8, 4) is 5.75 Å². The second-order valence-electron chi connectivity index (χ2n) is 3.20. The minimum Gasteiger partial charge on any atom is -0.494 e. The van der Waals surface area contributed by atoms with Crippen LogP contribution in [0.25, 0.3) is 0 Å². The molecule has 0 fully saturated rings. The summed E-state index contributed by atoms with van der Waals surface area (Å²) in [7, 11) is 0. The van der Waals surface area contributed by atoms with Crippen LogP contribution in [0.5, 0.6) is 5.75 Å². The zero-order chi connectivity index (χ0) is 12.0. The van der Waals surface area contributed by atoms with Gasteiger partial charge in [0.2, 0.25) is 0 Å². The van der Waals surface area contributed by atoms with Gasteiger partial charge < -0.3 is 9.84 Å². The predicted molar refractivity (Wildman–Crippen MR) is 56.2 cm³/mol. The summed E-state index contributed by atoms with van der Waals surface area (Å²) < 4.78 is 5.26. The van der Waals surface area contributed by atoms with Crippen LogP contribution in [0.15, 0.2) is 24.3 Å². The van der Waals surface area contributed by atoms with E-state index in [0.717, 1.165) is 0 Å². The summed E-state index contributed by atoms with van der Waals surface area (Å²) in [6.45, 7) is 0.320. The fourth-order valence-electron chi connectivity index (χ4n) is 1.12. The number of nitrogens with one attached hydrogen (secondary N) is 1. The average Bonchev–Trinajstić information content (AvgIpc) is 2.25. The highest BCUT2D eigenvalue weighted by molar-refractivity contribution is 5.92. The number of carboxylic acid groups (broad SMARTS) is 1. The molecule has 1 rings (SSSR count). The molecule has 5 heteroatoms. The van der Waals surface area contributed by atoms with Crippen LogP contribution >= 0.6 is 0 Å². The predicted octanol–water partition coefficient (Wildman–Crippen LogP) is 1.35. The Labute approximate surface area is 92.8 Å². The van der Waals surface area contributed by atoms with Gasteiger partial charge in [-0.1, -0.05) is 0 Å².